The van der Waals surface area contributed by atoms with Gasteiger partial charge in [0.05, 0.1) is 5.69 Å². The van der Waals surface area contributed by atoms with Crippen molar-refractivity contribution in [2.75, 3.05) is 33.2 Å². The lowest BCUT2D eigenvalue weighted by Gasteiger charge is -2.32. The molecule has 0 bridgehead atoms. The SMILES string of the molecule is Cc1nc2sc(-c3ccc(CN4CCN(C)CC4)cc3)nn2c(=O)c1Cl. The second-order valence-corrected chi connectivity index (χ2v) is 8.03. The zero-order chi connectivity index (χ0) is 18.3. The van der Waals surface area contributed by atoms with E-state index in [1.54, 1.807) is 6.92 Å². The van der Waals surface area contributed by atoms with E-state index in [1.165, 1.54) is 21.4 Å². The first-order chi connectivity index (χ1) is 12.5. The van der Waals surface area contributed by atoms with Crippen LogP contribution in [0.4, 0.5) is 0 Å². The van der Waals surface area contributed by atoms with Crippen LogP contribution in [0, 0.1) is 6.92 Å². The third-order valence-electron chi connectivity index (χ3n) is 4.72. The topological polar surface area (TPSA) is 53.7 Å². The summed E-state index contributed by atoms with van der Waals surface area (Å²) >= 11 is 7.39. The molecule has 8 heteroatoms. The molecule has 0 amide bonds. The van der Waals surface area contributed by atoms with E-state index >= 15 is 0 Å². The molecule has 0 radical (unpaired) electrons. The number of rotatable bonds is 3. The molecule has 0 unspecified atom stereocenters. The average Bonchev–Trinajstić information content (AvgIpc) is 3.06. The number of benzene rings is 1. The van der Waals surface area contributed by atoms with Gasteiger partial charge in [-0.1, -0.05) is 47.2 Å². The molecule has 26 heavy (non-hydrogen) atoms. The van der Waals surface area contributed by atoms with Crippen LogP contribution in [0.25, 0.3) is 15.5 Å². The van der Waals surface area contributed by atoms with Crippen molar-refractivity contribution in [1.29, 1.82) is 0 Å². The van der Waals surface area contributed by atoms with Crippen molar-refractivity contribution in [3.63, 3.8) is 0 Å². The van der Waals surface area contributed by atoms with Crippen molar-refractivity contribution in [3.05, 3.63) is 50.9 Å². The smallest absolute Gasteiger partial charge is 0.294 e. The van der Waals surface area contributed by atoms with Crippen molar-refractivity contribution in [2.45, 2.75) is 13.5 Å². The Kier molecular flexibility index (Phi) is 4.79. The van der Waals surface area contributed by atoms with Gasteiger partial charge in [-0.15, -0.1) is 0 Å². The van der Waals surface area contributed by atoms with Gasteiger partial charge in [-0.05, 0) is 19.5 Å². The van der Waals surface area contributed by atoms with Gasteiger partial charge in [-0.3, -0.25) is 9.69 Å². The Bertz CT molecular complexity index is 989. The Hall–Kier alpha value is -1.80. The summed E-state index contributed by atoms with van der Waals surface area (Å²) in [4.78, 5) is 22.0. The van der Waals surface area contributed by atoms with Crippen molar-refractivity contribution in [2.24, 2.45) is 0 Å². The molecule has 1 aromatic carbocycles. The number of hydrogen-bond donors (Lipinski definition) is 0. The minimum atomic E-state index is -0.316. The molecule has 6 nitrogen and oxygen atoms in total. The number of hydrogen-bond acceptors (Lipinski definition) is 6. The number of piperazine rings is 1. The van der Waals surface area contributed by atoms with E-state index in [-0.39, 0.29) is 10.6 Å². The fraction of sp³-hybridized carbons (Fsp3) is 0.389. The number of aryl methyl sites for hydroxylation is 1. The molecule has 1 saturated heterocycles. The number of fused-ring (bicyclic) bond motifs is 1. The van der Waals surface area contributed by atoms with Gasteiger partial charge < -0.3 is 4.90 Å². The first kappa shape index (κ1) is 17.6. The summed E-state index contributed by atoms with van der Waals surface area (Å²) in [6.07, 6.45) is 0. The van der Waals surface area contributed by atoms with Gasteiger partial charge in [-0.2, -0.15) is 9.61 Å². The summed E-state index contributed by atoms with van der Waals surface area (Å²) in [5.41, 5.74) is 2.49. The largest absolute Gasteiger partial charge is 0.304 e. The molecule has 0 N–H and O–H groups in total. The fourth-order valence-corrected chi connectivity index (χ4v) is 4.12. The molecule has 3 aromatic rings. The normalized spacial score (nSPS) is 16.4. The molecular formula is C18H20ClN5OS. The molecule has 3 heterocycles. The zero-order valence-corrected chi connectivity index (χ0v) is 16.3. The standard InChI is InChI=1S/C18H20ClN5OS/c1-12-15(19)17(25)24-18(20-12)26-16(21-24)14-5-3-13(4-6-14)11-23-9-7-22(2)8-10-23/h3-6H,7-11H2,1-2H3. The van der Waals surface area contributed by atoms with Crippen molar-refractivity contribution >= 4 is 27.9 Å². The van der Waals surface area contributed by atoms with E-state index in [4.69, 9.17) is 11.6 Å². The van der Waals surface area contributed by atoms with Crippen LogP contribution in [0.15, 0.2) is 29.1 Å². The molecule has 0 saturated carbocycles. The monoisotopic (exact) mass is 389 g/mol. The van der Waals surface area contributed by atoms with Crippen LogP contribution in [0.3, 0.4) is 0 Å². The highest BCUT2D eigenvalue weighted by Crippen LogP contribution is 2.25. The van der Waals surface area contributed by atoms with E-state index in [0.29, 0.717) is 10.7 Å². The Morgan fingerprint density at radius 1 is 1.15 bits per heavy atom. The third kappa shape index (κ3) is 3.40. The van der Waals surface area contributed by atoms with E-state index in [2.05, 4.69) is 51.2 Å². The average molecular weight is 390 g/mol. The number of halogens is 1. The molecule has 0 atom stereocenters. The van der Waals surface area contributed by atoms with Crippen LogP contribution < -0.4 is 5.56 Å². The van der Waals surface area contributed by atoms with Crippen molar-refractivity contribution in [1.82, 2.24) is 24.4 Å². The van der Waals surface area contributed by atoms with Gasteiger partial charge in [0.2, 0.25) is 4.96 Å². The van der Waals surface area contributed by atoms with Crippen LogP contribution in [0.5, 0.6) is 0 Å². The highest BCUT2D eigenvalue weighted by Gasteiger charge is 2.15. The summed E-state index contributed by atoms with van der Waals surface area (Å²) in [7, 11) is 2.17. The number of likely N-dealkylation sites (N-methyl/N-ethyl adjacent to an activating group) is 1. The molecule has 136 valence electrons. The van der Waals surface area contributed by atoms with Crippen molar-refractivity contribution in [3.8, 4) is 10.6 Å². The first-order valence-electron chi connectivity index (χ1n) is 8.57. The van der Waals surface area contributed by atoms with Gasteiger partial charge in [0.1, 0.15) is 10.0 Å². The maximum absolute atomic E-state index is 12.2. The van der Waals surface area contributed by atoms with E-state index in [1.807, 2.05) is 0 Å². The Morgan fingerprint density at radius 2 is 1.85 bits per heavy atom. The molecule has 0 spiro atoms. The van der Waals surface area contributed by atoms with Crippen LogP contribution in [0.1, 0.15) is 11.3 Å². The minimum absolute atomic E-state index is 0.127. The zero-order valence-electron chi connectivity index (χ0n) is 14.8. The molecule has 1 aliphatic rings. The molecule has 1 aliphatic heterocycles. The fourth-order valence-electron chi connectivity index (χ4n) is 3.06. The third-order valence-corrected chi connectivity index (χ3v) is 6.12. The number of aromatic nitrogens is 3. The van der Waals surface area contributed by atoms with Crippen LogP contribution in [-0.4, -0.2) is 57.6 Å². The van der Waals surface area contributed by atoms with Gasteiger partial charge in [0.15, 0.2) is 0 Å². The molecule has 2 aromatic heterocycles. The lowest BCUT2D eigenvalue weighted by Crippen LogP contribution is -2.43. The summed E-state index contributed by atoms with van der Waals surface area (Å²) in [5.74, 6) is 0. The van der Waals surface area contributed by atoms with E-state index < -0.39 is 0 Å². The second kappa shape index (κ2) is 7.08. The highest BCUT2D eigenvalue weighted by atomic mass is 35.5. The predicted molar refractivity (Wildman–Crippen MR) is 105 cm³/mol. The first-order valence-corrected chi connectivity index (χ1v) is 9.77. The maximum Gasteiger partial charge on any atom is 0.294 e. The van der Waals surface area contributed by atoms with Gasteiger partial charge in [0.25, 0.3) is 5.56 Å². The number of nitrogens with zero attached hydrogens (tertiary/aromatic N) is 5. The van der Waals surface area contributed by atoms with E-state index in [9.17, 15) is 4.79 Å². The lowest BCUT2D eigenvalue weighted by molar-refractivity contribution is 0.148. The second-order valence-electron chi connectivity index (χ2n) is 6.69. The molecular weight excluding hydrogens is 370 g/mol. The molecule has 0 aliphatic carbocycles. The lowest BCUT2D eigenvalue weighted by atomic mass is 10.1. The van der Waals surface area contributed by atoms with Gasteiger partial charge in [0, 0.05) is 38.3 Å². The summed E-state index contributed by atoms with van der Waals surface area (Å²) in [6.45, 7) is 7.14. The van der Waals surface area contributed by atoms with Crippen LogP contribution >= 0.6 is 22.9 Å². The quantitative estimate of drug-likeness (QED) is 0.689. The Balaban J connectivity index is 1.56. The van der Waals surface area contributed by atoms with Gasteiger partial charge in [-0.25, -0.2) is 4.98 Å². The van der Waals surface area contributed by atoms with Crippen molar-refractivity contribution < 1.29 is 0 Å². The Morgan fingerprint density at radius 3 is 2.54 bits per heavy atom. The summed E-state index contributed by atoms with van der Waals surface area (Å²) in [6, 6.07) is 8.38. The highest BCUT2D eigenvalue weighted by molar-refractivity contribution is 7.19. The van der Waals surface area contributed by atoms with Crippen LogP contribution in [0.2, 0.25) is 5.02 Å². The maximum atomic E-state index is 12.2. The minimum Gasteiger partial charge on any atom is -0.304 e. The van der Waals surface area contributed by atoms with Gasteiger partial charge >= 0.3 is 0 Å². The van der Waals surface area contributed by atoms with Crippen LogP contribution in [-0.2, 0) is 6.54 Å². The predicted octanol–water partition coefficient (Wildman–Crippen LogP) is 2.53. The summed E-state index contributed by atoms with van der Waals surface area (Å²) in [5, 5.41) is 5.29. The van der Waals surface area contributed by atoms with E-state index in [0.717, 1.165) is 43.3 Å². The molecule has 4 rings (SSSR count). The summed E-state index contributed by atoms with van der Waals surface area (Å²) < 4.78 is 1.29. The molecule has 1 fully saturated rings. The Labute approximate surface area is 160 Å².